The average molecular weight is 271 g/mol. The van der Waals surface area contributed by atoms with E-state index in [0.717, 1.165) is 0 Å². The maximum absolute atomic E-state index is 12.0. The number of hydrogen-bond donors (Lipinski definition) is 1. The Morgan fingerprint density at radius 2 is 2.06 bits per heavy atom. The molecule has 18 heavy (non-hydrogen) atoms. The lowest BCUT2D eigenvalue weighted by Crippen LogP contribution is -2.39. The molecule has 4 nitrogen and oxygen atoms in total. The Balaban J connectivity index is 4.11. The normalized spacial score (nSPS) is 13.9. The molecule has 0 saturated heterocycles. The van der Waals surface area contributed by atoms with Crippen molar-refractivity contribution in [1.82, 2.24) is 4.90 Å². The van der Waals surface area contributed by atoms with Crippen molar-refractivity contribution in [2.45, 2.75) is 38.4 Å². The number of carboxylic acids is 1. The number of nitrogens with zero attached hydrogens (tertiary/aromatic N) is 1. The monoisotopic (exact) mass is 271 g/mol. The Morgan fingerprint density at radius 3 is 2.50 bits per heavy atom. The van der Waals surface area contributed by atoms with Gasteiger partial charge in [-0.1, -0.05) is 0 Å². The Bertz CT molecular complexity index is 246. The number of ether oxygens (including phenoxy) is 1. The van der Waals surface area contributed by atoms with E-state index in [-0.39, 0.29) is 19.0 Å². The molecule has 0 aliphatic heterocycles. The zero-order chi connectivity index (χ0) is 14.2. The van der Waals surface area contributed by atoms with Gasteiger partial charge in [0.25, 0.3) is 0 Å². The minimum Gasteiger partial charge on any atom is -0.480 e. The van der Waals surface area contributed by atoms with Crippen LogP contribution < -0.4 is 0 Å². The van der Waals surface area contributed by atoms with E-state index >= 15 is 0 Å². The molecule has 0 aromatic carbocycles. The van der Waals surface area contributed by atoms with Crippen LogP contribution in [-0.2, 0) is 9.53 Å². The van der Waals surface area contributed by atoms with Gasteiger partial charge in [-0.05, 0) is 19.8 Å². The summed E-state index contributed by atoms with van der Waals surface area (Å²) in [5, 5.41) is 8.72. The molecule has 1 unspecified atom stereocenters. The fourth-order valence-electron chi connectivity index (χ4n) is 1.62. The van der Waals surface area contributed by atoms with Gasteiger partial charge < -0.3 is 9.84 Å². The summed E-state index contributed by atoms with van der Waals surface area (Å²) in [5.41, 5.74) is 0. The zero-order valence-electron chi connectivity index (χ0n) is 10.7. The second kappa shape index (κ2) is 8.31. The van der Waals surface area contributed by atoms with E-state index in [1.54, 1.807) is 11.8 Å². The number of aliphatic carboxylic acids is 1. The van der Waals surface area contributed by atoms with Crippen molar-refractivity contribution >= 4 is 5.97 Å². The number of rotatable bonds is 9. The van der Waals surface area contributed by atoms with Crippen molar-refractivity contribution in [2.24, 2.45) is 0 Å². The number of halogens is 3. The van der Waals surface area contributed by atoms with E-state index < -0.39 is 18.6 Å². The first-order valence-electron chi connectivity index (χ1n) is 5.77. The molecule has 0 fully saturated rings. The molecule has 108 valence electrons. The third-order valence-corrected chi connectivity index (χ3v) is 2.63. The molecule has 0 amide bonds. The minimum atomic E-state index is -4.15. The zero-order valence-corrected chi connectivity index (χ0v) is 10.7. The second-order valence-corrected chi connectivity index (χ2v) is 4.21. The fourth-order valence-corrected chi connectivity index (χ4v) is 1.62. The summed E-state index contributed by atoms with van der Waals surface area (Å²) in [5.74, 6) is -0.992. The van der Waals surface area contributed by atoms with Crippen LogP contribution in [0.3, 0.4) is 0 Å². The van der Waals surface area contributed by atoms with Gasteiger partial charge in [0, 0.05) is 26.1 Å². The van der Waals surface area contributed by atoms with Gasteiger partial charge >= 0.3 is 12.1 Å². The number of carboxylic acid groups (broad SMARTS) is 1. The summed E-state index contributed by atoms with van der Waals surface area (Å²) >= 11 is 0. The quantitative estimate of drug-likeness (QED) is 0.698. The first kappa shape index (κ1) is 17.2. The first-order valence-corrected chi connectivity index (χ1v) is 5.77. The largest absolute Gasteiger partial charge is 0.480 e. The van der Waals surface area contributed by atoms with Gasteiger partial charge in [-0.25, -0.2) is 0 Å². The second-order valence-electron chi connectivity index (χ2n) is 4.21. The van der Waals surface area contributed by atoms with Crippen molar-refractivity contribution in [2.75, 3.05) is 26.8 Å². The van der Waals surface area contributed by atoms with E-state index in [9.17, 15) is 18.0 Å². The molecule has 1 N–H and O–H groups in total. The smallest absolute Gasteiger partial charge is 0.389 e. The van der Waals surface area contributed by atoms with Crippen molar-refractivity contribution in [3.8, 4) is 0 Å². The van der Waals surface area contributed by atoms with Crippen molar-refractivity contribution in [3.63, 3.8) is 0 Å². The summed E-state index contributed by atoms with van der Waals surface area (Å²) in [7, 11) is 1.49. The van der Waals surface area contributed by atoms with Crippen LogP contribution in [0.25, 0.3) is 0 Å². The molecule has 0 aliphatic carbocycles. The van der Waals surface area contributed by atoms with Gasteiger partial charge in [0.1, 0.15) is 0 Å². The Kier molecular flexibility index (Phi) is 7.93. The molecule has 0 aromatic rings. The molecule has 0 radical (unpaired) electrons. The lowest BCUT2D eigenvalue weighted by Gasteiger charge is -2.27. The Morgan fingerprint density at radius 1 is 1.44 bits per heavy atom. The molecule has 1 atom stereocenters. The van der Waals surface area contributed by atoms with Crippen LogP contribution in [0.5, 0.6) is 0 Å². The molecule has 7 heteroatoms. The molecule has 0 aromatic heterocycles. The molecular formula is C11H20F3NO3. The van der Waals surface area contributed by atoms with Crippen molar-refractivity contribution in [1.29, 1.82) is 0 Å². The highest BCUT2D eigenvalue weighted by Crippen LogP contribution is 2.23. The Labute approximate surface area is 105 Å². The highest BCUT2D eigenvalue weighted by atomic mass is 19.4. The lowest BCUT2D eigenvalue weighted by atomic mass is 10.1. The highest BCUT2D eigenvalue weighted by molar-refractivity contribution is 5.69. The van der Waals surface area contributed by atoms with Crippen LogP contribution in [0.2, 0.25) is 0 Å². The topological polar surface area (TPSA) is 49.8 Å². The lowest BCUT2D eigenvalue weighted by molar-refractivity contribution is -0.140. The predicted molar refractivity (Wildman–Crippen MR) is 60.5 cm³/mol. The van der Waals surface area contributed by atoms with Crippen LogP contribution >= 0.6 is 0 Å². The molecule has 0 aliphatic rings. The molecule has 0 spiro atoms. The summed E-state index contributed by atoms with van der Waals surface area (Å²) in [4.78, 5) is 12.3. The maximum atomic E-state index is 12.0. The maximum Gasteiger partial charge on any atom is 0.389 e. The van der Waals surface area contributed by atoms with Gasteiger partial charge in [0.2, 0.25) is 0 Å². The standard InChI is InChI=1S/C11H20F3NO3/c1-9(4-3-5-11(12,13)14)15(6-7-18-2)8-10(16)17/h9H,3-8H2,1-2H3,(H,16,17). The molecule has 0 heterocycles. The average Bonchev–Trinajstić information content (AvgIpc) is 2.21. The Hall–Kier alpha value is -0.820. The van der Waals surface area contributed by atoms with Gasteiger partial charge in [0.05, 0.1) is 13.2 Å². The molecule has 0 rings (SSSR count). The van der Waals surface area contributed by atoms with E-state index in [2.05, 4.69) is 0 Å². The SMILES string of the molecule is COCCN(CC(=O)O)C(C)CCCC(F)(F)F. The number of alkyl halides is 3. The van der Waals surface area contributed by atoms with Crippen LogP contribution in [0, 0.1) is 0 Å². The van der Waals surface area contributed by atoms with E-state index in [1.807, 2.05) is 0 Å². The van der Waals surface area contributed by atoms with Gasteiger partial charge in [0.15, 0.2) is 0 Å². The van der Waals surface area contributed by atoms with Gasteiger partial charge in [-0.3, -0.25) is 9.69 Å². The van der Waals surface area contributed by atoms with Crippen molar-refractivity contribution < 1.29 is 27.8 Å². The van der Waals surface area contributed by atoms with Gasteiger partial charge in [-0.2, -0.15) is 13.2 Å². The third kappa shape index (κ3) is 9.23. The van der Waals surface area contributed by atoms with Crippen LogP contribution in [0.15, 0.2) is 0 Å². The van der Waals surface area contributed by atoms with Gasteiger partial charge in [-0.15, -0.1) is 0 Å². The number of hydrogen-bond acceptors (Lipinski definition) is 3. The number of methoxy groups -OCH3 is 1. The molecule has 0 saturated carbocycles. The number of carbonyl (C=O) groups is 1. The van der Waals surface area contributed by atoms with E-state index in [0.29, 0.717) is 19.6 Å². The summed E-state index contributed by atoms with van der Waals surface area (Å²) in [6, 6.07) is -0.210. The van der Waals surface area contributed by atoms with Crippen molar-refractivity contribution in [3.05, 3.63) is 0 Å². The summed E-state index contributed by atoms with van der Waals surface area (Å²) in [6.45, 7) is 2.30. The highest BCUT2D eigenvalue weighted by Gasteiger charge is 2.27. The van der Waals surface area contributed by atoms with E-state index in [4.69, 9.17) is 9.84 Å². The predicted octanol–water partition coefficient (Wildman–Crippen LogP) is 2.14. The molecule has 0 bridgehead atoms. The fraction of sp³-hybridized carbons (Fsp3) is 0.909. The minimum absolute atomic E-state index is 0.00771. The first-order chi connectivity index (χ1) is 8.26. The van der Waals surface area contributed by atoms with Crippen LogP contribution in [-0.4, -0.2) is 55.0 Å². The van der Waals surface area contributed by atoms with Crippen LogP contribution in [0.4, 0.5) is 13.2 Å². The summed E-state index contributed by atoms with van der Waals surface area (Å²) < 4.78 is 40.8. The molecular weight excluding hydrogens is 251 g/mol. The third-order valence-electron chi connectivity index (χ3n) is 2.63. The van der Waals surface area contributed by atoms with E-state index in [1.165, 1.54) is 7.11 Å². The van der Waals surface area contributed by atoms with Crippen LogP contribution in [0.1, 0.15) is 26.2 Å². The summed E-state index contributed by atoms with van der Waals surface area (Å²) in [6.07, 6.45) is -4.66.